The summed E-state index contributed by atoms with van der Waals surface area (Å²) in [5.41, 5.74) is 3.24. The fraction of sp³-hybridized carbons (Fsp3) is 0.185. The average Bonchev–Trinajstić information content (AvgIpc) is 2.81. The maximum atomic E-state index is 13.3. The minimum atomic E-state index is -0.296. The lowest BCUT2D eigenvalue weighted by Gasteiger charge is -2.34. The lowest BCUT2D eigenvalue weighted by Crippen LogP contribution is -2.38. The molecule has 1 N–H and O–H groups in total. The number of hydrogen-bond donors (Lipinski definition) is 1. The van der Waals surface area contributed by atoms with Crippen LogP contribution in [0.4, 0.5) is 0 Å². The quantitative estimate of drug-likeness (QED) is 0.449. The van der Waals surface area contributed by atoms with Crippen LogP contribution in [0.5, 0.6) is 11.5 Å². The lowest BCUT2D eigenvalue weighted by atomic mass is 9.73. The summed E-state index contributed by atoms with van der Waals surface area (Å²) >= 11 is 12.2. The van der Waals surface area contributed by atoms with E-state index in [4.69, 9.17) is 27.9 Å². The number of benzene rings is 3. The highest BCUT2D eigenvalue weighted by Gasteiger charge is 2.38. The van der Waals surface area contributed by atoms with Crippen LogP contribution in [-0.4, -0.2) is 11.7 Å². The van der Waals surface area contributed by atoms with Gasteiger partial charge in [-0.15, -0.1) is 0 Å². The molecule has 5 rings (SSSR count). The van der Waals surface area contributed by atoms with Crippen molar-refractivity contribution in [1.82, 2.24) is 5.32 Å². The Bertz CT molecular complexity index is 1270. The lowest BCUT2D eigenvalue weighted by molar-refractivity contribution is -0.122. The van der Waals surface area contributed by atoms with Crippen LogP contribution in [0.1, 0.15) is 42.2 Å². The molecule has 4 nitrogen and oxygen atoms in total. The second-order valence-electron chi connectivity index (χ2n) is 8.39. The summed E-state index contributed by atoms with van der Waals surface area (Å²) in [6.45, 7) is 0. The number of halogens is 2. The maximum Gasteiger partial charge on any atom is 0.225 e. The molecule has 3 aromatic rings. The largest absolute Gasteiger partial charge is 0.457 e. The average molecular weight is 478 g/mol. The smallest absolute Gasteiger partial charge is 0.225 e. The van der Waals surface area contributed by atoms with Crippen LogP contribution in [0.15, 0.2) is 84.1 Å². The van der Waals surface area contributed by atoms with Gasteiger partial charge in [0.1, 0.15) is 11.5 Å². The molecule has 2 atom stereocenters. The van der Waals surface area contributed by atoms with Gasteiger partial charge in [-0.25, -0.2) is 0 Å². The molecule has 0 aromatic heterocycles. The monoisotopic (exact) mass is 477 g/mol. The molecule has 0 bridgehead atoms. The molecule has 1 amide bonds. The number of amides is 1. The highest BCUT2D eigenvalue weighted by atomic mass is 35.5. The van der Waals surface area contributed by atoms with E-state index in [-0.39, 0.29) is 29.9 Å². The van der Waals surface area contributed by atoms with Gasteiger partial charge in [0.15, 0.2) is 5.78 Å². The van der Waals surface area contributed by atoms with Crippen LogP contribution in [0.2, 0.25) is 10.0 Å². The number of rotatable bonds is 4. The van der Waals surface area contributed by atoms with Gasteiger partial charge in [0, 0.05) is 30.0 Å². The van der Waals surface area contributed by atoms with E-state index in [1.807, 2.05) is 60.7 Å². The predicted octanol–water partition coefficient (Wildman–Crippen LogP) is 6.79. The van der Waals surface area contributed by atoms with Gasteiger partial charge in [-0.2, -0.15) is 0 Å². The number of ketones is 1. The van der Waals surface area contributed by atoms with Crippen LogP contribution in [0, 0.1) is 0 Å². The summed E-state index contributed by atoms with van der Waals surface area (Å²) in [6.07, 6.45) is 1.17. The number of carbonyl (C=O) groups is 2. The van der Waals surface area contributed by atoms with Crippen molar-refractivity contribution >= 4 is 34.9 Å². The highest BCUT2D eigenvalue weighted by Crippen LogP contribution is 2.43. The van der Waals surface area contributed by atoms with Crippen molar-refractivity contribution in [1.29, 1.82) is 0 Å². The fourth-order valence-corrected chi connectivity index (χ4v) is 4.97. The van der Waals surface area contributed by atoms with Crippen molar-refractivity contribution < 1.29 is 14.3 Å². The molecule has 0 saturated heterocycles. The van der Waals surface area contributed by atoms with E-state index in [0.717, 1.165) is 16.9 Å². The third-order valence-electron chi connectivity index (χ3n) is 6.19. The van der Waals surface area contributed by atoms with Crippen molar-refractivity contribution in [2.24, 2.45) is 0 Å². The molecule has 0 fully saturated rings. The molecule has 0 spiro atoms. The van der Waals surface area contributed by atoms with Gasteiger partial charge in [-0.1, -0.05) is 59.6 Å². The van der Waals surface area contributed by atoms with E-state index in [9.17, 15) is 9.59 Å². The van der Waals surface area contributed by atoms with Crippen molar-refractivity contribution in [3.05, 3.63) is 105 Å². The Balaban J connectivity index is 1.46. The van der Waals surface area contributed by atoms with Crippen LogP contribution in [-0.2, 0) is 9.59 Å². The molecule has 2 aliphatic rings. The molecular weight excluding hydrogens is 457 g/mol. The molecule has 3 aromatic carbocycles. The zero-order valence-corrected chi connectivity index (χ0v) is 19.2. The van der Waals surface area contributed by atoms with E-state index in [1.165, 1.54) is 0 Å². The third-order valence-corrected chi connectivity index (χ3v) is 6.93. The van der Waals surface area contributed by atoms with Gasteiger partial charge in [0.05, 0.1) is 10.0 Å². The number of ether oxygens (including phenoxy) is 1. The van der Waals surface area contributed by atoms with E-state index in [1.54, 1.807) is 12.1 Å². The van der Waals surface area contributed by atoms with Gasteiger partial charge >= 0.3 is 0 Å². The molecule has 1 aliphatic carbocycles. The van der Waals surface area contributed by atoms with Crippen LogP contribution in [0.25, 0.3) is 0 Å². The molecular formula is C27H21Cl2NO3. The molecule has 1 aliphatic heterocycles. The third kappa shape index (κ3) is 4.54. The molecule has 2 unspecified atom stereocenters. The molecule has 166 valence electrons. The van der Waals surface area contributed by atoms with Gasteiger partial charge in [-0.3, -0.25) is 9.59 Å². The van der Waals surface area contributed by atoms with Crippen molar-refractivity contribution in [3.63, 3.8) is 0 Å². The number of allylic oxidation sites excluding steroid dienone is 2. The standard InChI is InChI=1S/C27H21Cl2NO3/c28-22-10-9-16(12-23(22)29)18-13-24-27(25(31)14-18)21(15-26(32)30-24)17-5-4-8-20(11-17)33-19-6-2-1-3-7-19/h1-12,18,21H,13-15H2,(H,30,32). The van der Waals surface area contributed by atoms with Crippen LogP contribution < -0.4 is 10.1 Å². The van der Waals surface area contributed by atoms with Crippen LogP contribution >= 0.6 is 23.2 Å². The van der Waals surface area contributed by atoms with E-state index < -0.39 is 0 Å². The Morgan fingerprint density at radius 1 is 0.758 bits per heavy atom. The molecule has 33 heavy (non-hydrogen) atoms. The summed E-state index contributed by atoms with van der Waals surface area (Å²) in [4.78, 5) is 25.9. The van der Waals surface area contributed by atoms with Gasteiger partial charge < -0.3 is 10.1 Å². The Kier molecular flexibility index (Phi) is 5.96. The van der Waals surface area contributed by atoms with Gasteiger partial charge in [0.2, 0.25) is 5.91 Å². The van der Waals surface area contributed by atoms with E-state index in [2.05, 4.69) is 5.32 Å². The van der Waals surface area contributed by atoms with E-state index in [0.29, 0.717) is 39.9 Å². The molecule has 1 heterocycles. The first kappa shape index (κ1) is 21.7. The fourth-order valence-electron chi connectivity index (χ4n) is 4.67. The maximum absolute atomic E-state index is 13.3. The Hall–Kier alpha value is -3.08. The van der Waals surface area contributed by atoms with Crippen molar-refractivity contribution in [2.45, 2.75) is 31.1 Å². The summed E-state index contributed by atoms with van der Waals surface area (Å²) < 4.78 is 5.97. The zero-order chi connectivity index (χ0) is 22.9. The minimum absolute atomic E-state index is 0.0479. The van der Waals surface area contributed by atoms with E-state index >= 15 is 0 Å². The number of para-hydroxylation sites is 1. The first-order chi connectivity index (χ1) is 16.0. The second kappa shape index (κ2) is 9.05. The molecule has 0 radical (unpaired) electrons. The second-order valence-corrected chi connectivity index (χ2v) is 9.20. The van der Waals surface area contributed by atoms with Crippen LogP contribution in [0.3, 0.4) is 0 Å². The number of nitrogens with one attached hydrogen (secondary N) is 1. The highest BCUT2D eigenvalue weighted by molar-refractivity contribution is 6.42. The summed E-state index contributed by atoms with van der Waals surface area (Å²) in [5, 5.41) is 3.90. The molecule has 6 heteroatoms. The van der Waals surface area contributed by atoms with Gasteiger partial charge in [-0.05, 0) is 59.9 Å². The topological polar surface area (TPSA) is 55.4 Å². The first-order valence-electron chi connectivity index (χ1n) is 10.8. The van der Waals surface area contributed by atoms with Crippen molar-refractivity contribution in [3.8, 4) is 11.5 Å². The number of Topliss-reactive ketones (excluding diaryl/α,β-unsaturated/α-hetero) is 1. The SMILES string of the molecule is O=C1CC(c2cccc(Oc3ccccc3)c2)C2=C(CC(c3ccc(Cl)c(Cl)c3)CC2=O)N1. The Morgan fingerprint density at radius 3 is 2.33 bits per heavy atom. The first-order valence-corrected chi connectivity index (χ1v) is 11.6. The summed E-state index contributed by atoms with van der Waals surface area (Å²) in [6, 6.07) is 22.6. The Morgan fingerprint density at radius 2 is 1.55 bits per heavy atom. The minimum Gasteiger partial charge on any atom is -0.457 e. The number of hydrogen-bond acceptors (Lipinski definition) is 3. The predicted molar refractivity (Wildman–Crippen MR) is 129 cm³/mol. The molecule has 0 saturated carbocycles. The van der Waals surface area contributed by atoms with Gasteiger partial charge in [0.25, 0.3) is 0 Å². The van der Waals surface area contributed by atoms with Crippen molar-refractivity contribution in [2.75, 3.05) is 0 Å². The number of carbonyl (C=O) groups excluding carboxylic acids is 2. The summed E-state index contributed by atoms with van der Waals surface area (Å²) in [5.74, 6) is 1.01. The Labute approximate surface area is 202 Å². The zero-order valence-electron chi connectivity index (χ0n) is 17.7. The summed E-state index contributed by atoms with van der Waals surface area (Å²) in [7, 11) is 0. The normalized spacial score (nSPS) is 20.3.